The maximum absolute atomic E-state index is 12.2. The summed E-state index contributed by atoms with van der Waals surface area (Å²) in [6.45, 7) is 2.29. The van der Waals surface area contributed by atoms with Gasteiger partial charge in [0, 0.05) is 45.5 Å². The van der Waals surface area contributed by atoms with Crippen LogP contribution in [0.25, 0.3) is 0 Å². The third kappa shape index (κ3) is 5.08. The van der Waals surface area contributed by atoms with E-state index in [1.54, 1.807) is 0 Å². The molecular formula is C20H28N4O. The van der Waals surface area contributed by atoms with Gasteiger partial charge in [0.1, 0.15) is 5.82 Å². The Labute approximate surface area is 150 Å². The molecule has 1 fully saturated rings. The molecular weight excluding hydrogens is 312 g/mol. The van der Waals surface area contributed by atoms with Crippen molar-refractivity contribution < 1.29 is 4.79 Å². The molecule has 0 unspecified atom stereocenters. The number of hydrogen-bond donors (Lipinski definition) is 1. The lowest BCUT2D eigenvalue weighted by Crippen LogP contribution is -2.40. The largest absolute Gasteiger partial charge is 0.338 e. The molecule has 2 aromatic rings. The van der Waals surface area contributed by atoms with Gasteiger partial charge in [-0.05, 0) is 24.3 Å². The lowest BCUT2D eigenvalue weighted by atomic mass is 10.1. The van der Waals surface area contributed by atoms with Crippen LogP contribution in [0.5, 0.6) is 0 Å². The van der Waals surface area contributed by atoms with E-state index in [-0.39, 0.29) is 6.03 Å². The van der Waals surface area contributed by atoms with Crippen LogP contribution in [0.1, 0.15) is 37.1 Å². The summed E-state index contributed by atoms with van der Waals surface area (Å²) in [5, 5.41) is 3.02. The Bertz CT molecular complexity index is 661. The number of aromatic nitrogens is 2. The summed E-state index contributed by atoms with van der Waals surface area (Å²) in [6, 6.07) is 10.4. The first-order valence-corrected chi connectivity index (χ1v) is 9.25. The van der Waals surface area contributed by atoms with Crippen LogP contribution in [0.4, 0.5) is 4.79 Å². The number of urea groups is 1. The summed E-state index contributed by atoms with van der Waals surface area (Å²) in [7, 11) is 1.89. The molecule has 1 aromatic carbocycles. The molecule has 25 heavy (non-hydrogen) atoms. The number of hydrogen-bond acceptors (Lipinski definition) is 2. The molecule has 5 heteroatoms. The monoisotopic (exact) mass is 340 g/mol. The van der Waals surface area contributed by atoms with Crippen molar-refractivity contribution in [3.05, 3.63) is 54.1 Å². The number of benzene rings is 1. The maximum atomic E-state index is 12.2. The van der Waals surface area contributed by atoms with Crippen molar-refractivity contribution in [2.45, 2.75) is 38.6 Å². The lowest BCUT2D eigenvalue weighted by molar-refractivity contribution is 0.201. The Hall–Kier alpha value is -2.30. The van der Waals surface area contributed by atoms with Gasteiger partial charge in [-0.1, -0.05) is 43.2 Å². The van der Waals surface area contributed by atoms with Gasteiger partial charge in [-0.15, -0.1) is 0 Å². The van der Waals surface area contributed by atoms with Gasteiger partial charge in [-0.3, -0.25) is 0 Å². The number of amides is 2. The van der Waals surface area contributed by atoms with E-state index in [4.69, 9.17) is 0 Å². The van der Waals surface area contributed by atoms with E-state index < -0.39 is 0 Å². The molecule has 3 rings (SSSR count). The predicted molar refractivity (Wildman–Crippen MR) is 99.5 cm³/mol. The zero-order valence-electron chi connectivity index (χ0n) is 15.0. The first-order chi connectivity index (χ1) is 12.2. The van der Waals surface area contributed by atoms with Crippen molar-refractivity contribution >= 4 is 6.03 Å². The van der Waals surface area contributed by atoms with Crippen LogP contribution in [-0.4, -0.2) is 40.6 Å². The van der Waals surface area contributed by atoms with Crippen molar-refractivity contribution in [3.8, 4) is 0 Å². The lowest BCUT2D eigenvalue weighted by Gasteiger charge is -2.21. The Morgan fingerprint density at radius 2 is 2.04 bits per heavy atom. The summed E-state index contributed by atoms with van der Waals surface area (Å²) in [5.41, 5.74) is 1.25. The molecule has 0 bridgehead atoms. The van der Waals surface area contributed by atoms with Crippen LogP contribution < -0.4 is 5.32 Å². The summed E-state index contributed by atoms with van der Waals surface area (Å²) >= 11 is 0. The minimum absolute atomic E-state index is 0.0214. The van der Waals surface area contributed by atoms with Crippen molar-refractivity contribution in [2.24, 2.45) is 5.92 Å². The fourth-order valence-electron chi connectivity index (χ4n) is 3.57. The highest BCUT2D eigenvalue weighted by Gasteiger charge is 2.19. The summed E-state index contributed by atoms with van der Waals surface area (Å²) < 4.78 is 2.14. The Kier molecular flexibility index (Phi) is 6.09. The summed E-state index contributed by atoms with van der Waals surface area (Å²) in [4.78, 5) is 18.5. The van der Waals surface area contributed by atoms with Gasteiger partial charge in [-0.2, -0.15) is 0 Å². The Balaban J connectivity index is 1.44. The quantitative estimate of drug-likeness (QED) is 0.841. The summed E-state index contributed by atoms with van der Waals surface area (Å²) in [6.07, 6.45) is 9.70. The van der Waals surface area contributed by atoms with Crippen molar-refractivity contribution in [1.82, 2.24) is 19.8 Å². The van der Waals surface area contributed by atoms with Crippen molar-refractivity contribution in [3.63, 3.8) is 0 Å². The highest BCUT2D eigenvalue weighted by atomic mass is 16.2. The van der Waals surface area contributed by atoms with E-state index >= 15 is 0 Å². The van der Waals surface area contributed by atoms with Gasteiger partial charge in [0.25, 0.3) is 0 Å². The molecule has 0 spiro atoms. The van der Waals surface area contributed by atoms with E-state index in [1.165, 1.54) is 31.2 Å². The highest BCUT2D eigenvalue weighted by Crippen LogP contribution is 2.25. The molecule has 0 radical (unpaired) electrons. The zero-order chi connectivity index (χ0) is 17.5. The van der Waals surface area contributed by atoms with Crippen LogP contribution in [-0.2, 0) is 13.0 Å². The maximum Gasteiger partial charge on any atom is 0.317 e. The molecule has 1 N–H and O–H groups in total. The van der Waals surface area contributed by atoms with Crippen LogP contribution in [0, 0.1) is 5.92 Å². The fraction of sp³-hybridized carbons (Fsp3) is 0.500. The average Bonchev–Trinajstić information content (AvgIpc) is 3.28. The molecule has 5 nitrogen and oxygen atoms in total. The van der Waals surface area contributed by atoms with Gasteiger partial charge < -0.3 is 14.8 Å². The van der Waals surface area contributed by atoms with Crippen molar-refractivity contribution in [1.29, 1.82) is 0 Å². The third-order valence-corrected chi connectivity index (χ3v) is 4.98. The van der Waals surface area contributed by atoms with E-state index in [9.17, 15) is 4.79 Å². The van der Waals surface area contributed by atoms with E-state index in [2.05, 4.69) is 27.0 Å². The molecule has 0 aliphatic heterocycles. The van der Waals surface area contributed by atoms with Crippen LogP contribution in [0.15, 0.2) is 42.7 Å². The van der Waals surface area contributed by atoms with Crippen LogP contribution >= 0.6 is 0 Å². The number of rotatable bonds is 7. The SMILES string of the molecule is CN(CC1CCCC1)C(=O)NCCc1nccn1Cc1ccccc1. The predicted octanol–water partition coefficient (Wildman–Crippen LogP) is 3.31. The first kappa shape index (κ1) is 17.5. The van der Waals surface area contributed by atoms with Crippen LogP contribution in [0.2, 0.25) is 0 Å². The molecule has 1 aromatic heterocycles. The Morgan fingerprint density at radius 3 is 2.80 bits per heavy atom. The average molecular weight is 340 g/mol. The minimum Gasteiger partial charge on any atom is -0.338 e. The van der Waals surface area contributed by atoms with Crippen molar-refractivity contribution in [2.75, 3.05) is 20.1 Å². The third-order valence-electron chi connectivity index (χ3n) is 4.98. The van der Waals surface area contributed by atoms with E-state index in [0.717, 1.165) is 25.3 Å². The molecule has 134 valence electrons. The van der Waals surface area contributed by atoms with E-state index in [0.29, 0.717) is 12.5 Å². The topological polar surface area (TPSA) is 50.2 Å². The molecule has 2 amide bonds. The number of nitrogens with one attached hydrogen (secondary N) is 1. The van der Waals surface area contributed by atoms with Gasteiger partial charge >= 0.3 is 6.03 Å². The smallest absolute Gasteiger partial charge is 0.317 e. The second kappa shape index (κ2) is 8.70. The zero-order valence-corrected chi connectivity index (χ0v) is 15.0. The van der Waals surface area contributed by atoms with Crippen LogP contribution in [0.3, 0.4) is 0 Å². The Morgan fingerprint density at radius 1 is 1.28 bits per heavy atom. The molecule has 0 saturated heterocycles. The highest BCUT2D eigenvalue weighted by molar-refractivity contribution is 5.73. The normalized spacial score (nSPS) is 14.6. The number of imidazole rings is 1. The molecule has 1 aliphatic rings. The van der Waals surface area contributed by atoms with Gasteiger partial charge in [-0.25, -0.2) is 9.78 Å². The fourth-order valence-corrected chi connectivity index (χ4v) is 3.57. The van der Waals surface area contributed by atoms with Gasteiger partial charge in [0.2, 0.25) is 0 Å². The van der Waals surface area contributed by atoms with Gasteiger partial charge in [0.05, 0.1) is 0 Å². The number of carbonyl (C=O) groups excluding carboxylic acids is 1. The summed E-state index contributed by atoms with van der Waals surface area (Å²) in [5.74, 6) is 1.68. The molecule has 0 atom stereocenters. The first-order valence-electron chi connectivity index (χ1n) is 9.25. The molecule has 1 saturated carbocycles. The number of carbonyl (C=O) groups is 1. The minimum atomic E-state index is 0.0214. The van der Waals surface area contributed by atoms with Gasteiger partial charge in [0.15, 0.2) is 0 Å². The molecule has 1 heterocycles. The second-order valence-electron chi connectivity index (χ2n) is 6.97. The van der Waals surface area contributed by atoms with E-state index in [1.807, 2.05) is 42.5 Å². The molecule has 1 aliphatic carbocycles. The number of nitrogens with zero attached hydrogens (tertiary/aromatic N) is 3. The second-order valence-corrected chi connectivity index (χ2v) is 6.97. The standard InChI is InChI=1S/C20H28N4O/c1-23(15-17-9-5-6-10-17)20(25)22-12-11-19-21-13-14-24(19)16-18-7-3-2-4-8-18/h2-4,7-8,13-14,17H,5-6,9-12,15-16H2,1H3,(H,22,25).